The van der Waals surface area contributed by atoms with Gasteiger partial charge in [0.2, 0.25) is 0 Å². The number of nitrogens with one attached hydrogen (secondary N) is 1. The lowest BCUT2D eigenvalue weighted by molar-refractivity contribution is 0.0614. The second-order valence-corrected chi connectivity index (χ2v) is 4.84. The molecule has 0 heterocycles. The molecule has 1 aliphatic rings. The summed E-state index contributed by atoms with van der Waals surface area (Å²) in [4.78, 5) is 12.4. The monoisotopic (exact) mass is 251 g/mol. The van der Waals surface area contributed by atoms with Crippen molar-refractivity contribution in [1.82, 2.24) is 5.32 Å². The van der Waals surface area contributed by atoms with Crippen LogP contribution in [-0.4, -0.2) is 26.5 Å². The van der Waals surface area contributed by atoms with E-state index in [1.54, 1.807) is 6.07 Å². The van der Waals surface area contributed by atoms with Gasteiger partial charge in [-0.2, -0.15) is 0 Å². The fourth-order valence-corrected chi connectivity index (χ4v) is 2.54. The summed E-state index contributed by atoms with van der Waals surface area (Å²) >= 11 is 0. The summed E-state index contributed by atoms with van der Waals surface area (Å²) in [7, 11) is 3.25. The molecule has 1 aromatic rings. The molecule has 18 heavy (non-hydrogen) atoms. The zero-order valence-electron chi connectivity index (χ0n) is 10.8. The summed E-state index contributed by atoms with van der Waals surface area (Å²) in [5, 5.41) is 3.06. The minimum atomic E-state index is -0.484. The van der Waals surface area contributed by atoms with Crippen LogP contribution in [0.4, 0.5) is 4.39 Å². The number of benzene rings is 1. The molecule has 0 aliphatic heterocycles. The van der Waals surface area contributed by atoms with Gasteiger partial charge in [-0.1, -0.05) is 6.42 Å². The van der Waals surface area contributed by atoms with Crippen molar-refractivity contribution in [3.05, 3.63) is 29.6 Å². The Kier molecular flexibility index (Phi) is 3.66. The number of methoxy groups -OCH3 is 1. The van der Waals surface area contributed by atoms with Crippen molar-refractivity contribution in [2.24, 2.45) is 5.41 Å². The largest absolute Gasteiger partial charge is 0.494 e. The number of carbonyl (C=O) groups excluding carboxylic acids is 1. The summed E-state index contributed by atoms with van der Waals surface area (Å²) in [6.07, 6.45) is 2.81. The molecule has 0 amide bonds. The lowest BCUT2D eigenvalue weighted by atomic mass is 9.64. The Labute approximate surface area is 106 Å². The van der Waals surface area contributed by atoms with E-state index in [-0.39, 0.29) is 16.9 Å². The second-order valence-electron chi connectivity index (χ2n) is 4.84. The predicted molar refractivity (Wildman–Crippen MR) is 67.5 cm³/mol. The highest BCUT2D eigenvalue weighted by Gasteiger charge is 2.43. The molecule has 0 radical (unpaired) electrons. The first kappa shape index (κ1) is 13.0. The van der Waals surface area contributed by atoms with E-state index in [1.807, 2.05) is 7.05 Å². The fraction of sp³-hybridized carbons (Fsp3) is 0.500. The van der Waals surface area contributed by atoms with Gasteiger partial charge in [0.25, 0.3) is 0 Å². The van der Waals surface area contributed by atoms with Gasteiger partial charge in [0.05, 0.1) is 7.11 Å². The molecule has 0 spiro atoms. The van der Waals surface area contributed by atoms with Crippen molar-refractivity contribution in [3.63, 3.8) is 0 Å². The molecular weight excluding hydrogens is 233 g/mol. The van der Waals surface area contributed by atoms with Crippen LogP contribution in [0.15, 0.2) is 18.2 Å². The van der Waals surface area contributed by atoms with Gasteiger partial charge in [0, 0.05) is 17.5 Å². The molecule has 0 saturated heterocycles. The number of Topliss-reactive ketones (excluding diaryl/α,β-unsaturated/α-hetero) is 1. The first-order valence-electron chi connectivity index (χ1n) is 6.16. The van der Waals surface area contributed by atoms with E-state index in [1.165, 1.54) is 19.2 Å². The SMILES string of the molecule is CNCC1(C(=O)c2ccc(OC)c(F)c2)CCC1. The van der Waals surface area contributed by atoms with Crippen LogP contribution in [0.2, 0.25) is 0 Å². The van der Waals surface area contributed by atoms with E-state index < -0.39 is 5.82 Å². The van der Waals surface area contributed by atoms with Crippen LogP contribution >= 0.6 is 0 Å². The number of hydrogen-bond acceptors (Lipinski definition) is 3. The normalized spacial score (nSPS) is 17.1. The number of halogens is 1. The van der Waals surface area contributed by atoms with E-state index >= 15 is 0 Å². The molecule has 1 aromatic carbocycles. The standard InChI is InChI=1S/C14H18FNO2/c1-16-9-14(6-3-7-14)13(17)10-4-5-12(18-2)11(15)8-10/h4-5,8,16H,3,6-7,9H2,1-2H3. The van der Waals surface area contributed by atoms with Crippen molar-refractivity contribution in [3.8, 4) is 5.75 Å². The quantitative estimate of drug-likeness (QED) is 0.817. The Bertz CT molecular complexity index is 455. The molecule has 0 unspecified atom stereocenters. The molecular formula is C14H18FNO2. The third-order valence-electron chi connectivity index (χ3n) is 3.72. The van der Waals surface area contributed by atoms with Crippen LogP contribution in [0.3, 0.4) is 0 Å². The summed E-state index contributed by atoms with van der Waals surface area (Å²) in [5.74, 6) is -0.283. The van der Waals surface area contributed by atoms with Crippen molar-refractivity contribution in [1.29, 1.82) is 0 Å². The maximum atomic E-state index is 13.6. The van der Waals surface area contributed by atoms with Crippen molar-refractivity contribution < 1.29 is 13.9 Å². The number of ketones is 1. The summed E-state index contributed by atoms with van der Waals surface area (Å²) in [6, 6.07) is 4.42. The van der Waals surface area contributed by atoms with Crippen LogP contribution in [0.25, 0.3) is 0 Å². The van der Waals surface area contributed by atoms with Crippen molar-refractivity contribution in [2.75, 3.05) is 20.7 Å². The van der Waals surface area contributed by atoms with Gasteiger partial charge in [-0.05, 0) is 38.1 Å². The second kappa shape index (κ2) is 5.06. The van der Waals surface area contributed by atoms with Gasteiger partial charge in [-0.15, -0.1) is 0 Å². The van der Waals surface area contributed by atoms with Crippen LogP contribution in [0.5, 0.6) is 5.75 Å². The zero-order valence-corrected chi connectivity index (χ0v) is 10.8. The van der Waals surface area contributed by atoms with Gasteiger partial charge in [-0.3, -0.25) is 4.79 Å². The van der Waals surface area contributed by atoms with Gasteiger partial charge in [-0.25, -0.2) is 4.39 Å². The first-order chi connectivity index (χ1) is 8.63. The molecule has 1 saturated carbocycles. The van der Waals surface area contributed by atoms with Gasteiger partial charge in [0.15, 0.2) is 17.3 Å². The highest BCUT2D eigenvalue weighted by atomic mass is 19.1. The lowest BCUT2D eigenvalue weighted by Gasteiger charge is -2.40. The summed E-state index contributed by atoms with van der Waals surface area (Å²) in [5.41, 5.74) is 0.0960. The molecule has 0 aromatic heterocycles. The van der Waals surface area contributed by atoms with E-state index in [4.69, 9.17) is 4.74 Å². The molecule has 1 fully saturated rings. The van der Waals surface area contributed by atoms with Gasteiger partial charge < -0.3 is 10.1 Å². The van der Waals surface area contributed by atoms with Crippen molar-refractivity contribution in [2.45, 2.75) is 19.3 Å². The maximum Gasteiger partial charge on any atom is 0.170 e. The Morgan fingerprint density at radius 1 is 1.50 bits per heavy atom. The van der Waals surface area contributed by atoms with Crippen LogP contribution < -0.4 is 10.1 Å². The number of hydrogen-bond donors (Lipinski definition) is 1. The van der Waals surface area contributed by atoms with Crippen LogP contribution in [-0.2, 0) is 0 Å². The minimum Gasteiger partial charge on any atom is -0.494 e. The topological polar surface area (TPSA) is 38.3 Å². The molecule has 4 heteroatoms. The van der Waals surface area contributed by atoms with E-state index in [0.717, 1.165) is 19.3 Å². The van der Waals surface area contributed by atoms with E-state index in [9.17, 15) is 9.18 Å². The van der Waals surface area contributed by atoms with Crippen LogP contribution in [0, 0.1) is 11.2 Å². The summed E-state index contributed by atoms with van der Waals surface area (Å²) in [6.45, 7) is 0.652. The molecule has 0 bridgehead atoms. The molecule has 0 atom stereocenters. The highest BCUT2D eigenvalue weighted by Crippen LogP contribution is 2.43. The Morgan fingerprint density at radius 2 is 2.22 bits per heavy atom. The van der Waals surface area contributed by atoms with Crippen molar-refractivity contribution >= 4 is 5.78 Å². The predicted octanol–water partition coefficient (Wildman–Crippen LogP) is 2.41. The Hall–Kier alpha value is -1.42. The van der Waals surface area contributed by atoms with Crippen LogP contribution in [0.1, 0.15) is 29.6 Å². The maximum absolute atomic E-state index is 13.6. The lowest BCUT2D eigenvalue weighted by Crippen LogP contribution is -2.45. The first-order valence-corrected chi connectivity index (χ1v) is 6.16. The average molecular weight is 251 g/mol. The molecule has 1 N–H and O–H groups in total. The summed E-state index contributed by atoms with van der Waals surface area (Å²) < 4.78 is 18.5. The Balaban J connectivity index is 2.25. The number of carbonyl (C=O) groups is 1. The smallest absolute Gasteiger partial charge is 0.170 e. The fourth-order valence-electron chi connectivity index (χ4n) is 2.54. The van der Waals surface area contributed by atoms with Gasteiger partial charge >= 0.3 is 0 Å². The zero-order chi connectivity index (χ0) is 13.2. The number of rotatable bonds is 5. The van der Waals surface area contributed by atoms with E-state index in [2.05, 4.69) is 5.32 Å². The molecule has 98 valence electrons. The molecule has 1 aliphatic carbocycles. The third kappa shape index (κ3) is 2.12. The van der Waals surface area contributed by atoms with Gasteiger partial charge in [0.1, 0.15) is 0 Å². The minimum absolute atomic E-state index is 0.0321. The Morgan fingerprint density at radius 3 is 2.67 bits per heavy atom. The molecule has 2 rings (SSSR count). The highest BCUT2D eigenvalue weighted by molar-refractivity contribution is 6.01. The third-order valence-corrected chi connectivity index (χ3v) is 3.72. The average Bonchev–Trinajstić information content (AvgIpc) is 2.33. The number of ether oxygens (including phenoxy) is 1. The molecule has 3 nitrogen and oxygen atoms in total. The van der Waals surface area contributed by atoms with E-state index in [0.29, 0.717) is 12.1 Å².